The molecule has 0 aromatic carbocycles. The van der Waals surface area contributed by atoms with Gasteiger partial charge in [0.15, 0.2) is 5.69 Å². The first-order valence-corrected chi connectivity index (χ1v) is 10.7. The van der Waals surface area contributed by atoms with Crippen molar-refractivity contribution in [3.05, 3.63) is 24.0 Å². The van der Waals surface area contributed by atoms with E-state index < -0.39 is 11.9 Å². The summed E-state index contributed by atoms with van der Waals surface area (Å²) in [5.41, 5.74) is -0.101. The molecule has 2 N–H and O–H groups in total. The normalized spacial score (nSPS) is 10.6. The van der Waals surface area contributed by atoms with Crippen molar-refractivity contribution in [3.63, 3.8) is 0 Å². The number of esters is 1. The maximum Gasteiger partial charge on any atom is 0.325 e. The number of hydrogen-bond acceptors (Lipinski definition) is 5. The molecular formula is C22H36N2O4. The van der Waals surface area contributed by atoms with Gasteiger partial charge in [-0.05, 0) is 18.6 Å². The van der Waals surface area contributed by atoms with Crippen molar-refractivity contribution in [1.82, 2.24) is 10.3 Å². The molecule has 1 aromatic heterocycles. The zero-order valence-corrected chi connectivity index (χ0v) is 17.3. The summed E-state index contributed by atoms with van der Waals surface area (Å²) < 4.78 is 5.11. The first-order chi connectivity index (χ1) is 13.6. The minimum absolute atomic E-state index is 0.101. The Balaban J connectivity index is 1.92. The number of nitrogens with one attached hydrogen (secondary N) is 1. The highest BCUT2D eigenvalue weighted by atomic mass is 16.5. The molecule has 0 fully saturated rings. The number of unbranched alkanes of at least 4 members (excludes halogenated alkanes) is 11. The van der Waals surface area contributed by atoms with Gasteiger partial charge < -0.3 is 15.2 Å². The van der Waals surface area contributed by atoms with Crippen LogP contribution in [0.3, 0.4) is 0 Å². The van der Waals surface area contributed by atoms with Gasteiger partial charge >= 0.3 is 5.97 Å². The van der Waals surface area contributed by atoms with Gasteiger partial charge in [0.1, 0.15) is 12.3 Å². The second-order valence-corrected chi connectivity index (χ2v) is 7.16. The standard InChI is InChI=1S/C22H36N2O4/c1-2-3-4-5-6-7-8-9-10-11-12-13-17-28-20(26)18-24-22(27)21-19(25)15-14-16-23-21/h14-16,25H,2-13,17-18H2,1H3,(H,24,27). The Kier molecular flexibility index (Phi) is 13.6. The highest BCUT2D eigenvalue weighted by Gasteiger charge is 2.13. The zero-order valence-electron chi connectivity index (χ0n) is 17.3. The first-order valence-electron chi connectivity index (χ1n) is 10.7. The van der Waals surface area contributed by atoms with Crippen LogP contribution >= 0.6 is 0 Å². The van der Waals surface area contributed by atoms with Crippen LogP contribution in [0.5, 0.6) is 5.75 Å². The zero-order chi connectivity index (χ0) is 20.5. The van der Waals surface area contributed by atoms with Crippen LogP contribution < -0.4 is 5.32 Å². The Morgan fingerprint density at radius 2 is 1.54 bits per heavy atom. The fourth-order valence-electron chi connectivity index (χ4n) is 2.99. The Morgan fingerprint density at radius 3 is 2.11 bits per heavy atom. The van der Waals surface area contributed by atoms with Crippen LogP contribution in [0.15, 0.2) is 18.3 Å². The summed E-state index contributed by atoms with van der Waals surface area (Å²) in [6.45, 7) is 2.39. The smallest absolute Gasteiger partial charge is 0.325 e. The number of ether oxygens (including phenoxy) is 1. The molecule has 1 rings (SSSR count). The van der Waals surface area contributed by atoms with E-state index in [1.165, 1.54) is 82.5 Å². The number of pyridine rings is 1. The van der Waals surface area contributed by atoms with Gasteiger partial charge in [-0.3, -0.25) is 9.59 Å². The third kappa shape index (κ3) is 11.6. The highest BCUT2D eigenvalue weighted by molar-refractivity contribution is 5.96. The Morgan fingerprint density at radius 1 is 0.964 bits per heavy atom. The monoisotopic (exact) mass is 392 g/mol. The lowest BCUT2D eigenvalue weighted by Gasteiger charge is -2.07. The number of amides is 1. The lowest BCUT2D eigenvalue weighted by molar-refractivity contribution is -0.142. The molecule has 158 valence electrons. The quantitative estimate of drug-likeness (QED) is 0.313. The molecule has 0 atom stereocenters. The Bertz CT molecular complexity index is 563. The van der Waals surface area contributed by atoms with Gasteiger partial charge in [0, 0.05) is 6.20 Å². The number of carbonyl (C=O) groups excluding carboxylic acids is 2. The highest BCUT2D eigenvalue weighted by Crippen LogP contribution is 2.12. The summed E-state index contributed by atoms with van der Waals surface area (Å²) >= 11 is 0. The molecule has 0 radical (unpaired) electrons. The molecule has 0 saturated carbocycles. The van der Waals surface area contributed by atoms with Crippen molar-refractivity contribution >= 4 is 11.9 Å². The maximum absolute atomic E-state index is 11.8. The molecule has 6 heteroatoms. The van der Waals surface area contributed by atoms with Crippen LogP contribution in [0.2, 0.25) is 0 Å². The lowest BCUT2D eigenvalue weighted by atomic mass is 10.1. The maximum atomic E-state index is 11.8. The summed E-state index contributed by atoms with van der Waals surface area (Å²) in [5.74, 6) is -1.29. The third-order valence-electron chi connectivity index (χ3n) is 4.66. The van der Waals surface area contributed by atoms with E-state index in [9.17, 15) is 14.7 Å². The van der Waals surface area contributed by atoms with Crippen LogP contribution in [0, 0.1) is 0 Å². The van der Waals surface area contributed by atoms with Crippen molar-refractivity contribution in [3.8, 4) is 5.75 Å². The topological polar surface area (TPSA) is 88.5 Å². The van der Waals surface area contributed by atoms with Crippen LogP contribution in [0.4, 0.5) is 0 Å². The molecular weight excluding hydrogens is 356 g/mol. The summed E-state index contributed by atoms with van der Waals surface area (Å²) in [7, 11) is 0. The molecule has 0 unspecified atom stereocenters. The lowest BCUT2D eigenvalue weighted by Crippen LogP contribution is -2.31. The Hall–Kier alpha value is -2.11. The minimum atomic E-state index is -0.597. The summed E-state index contributed by atoms with van der Waals surface area (Å²) in [4.78, 5) is 27.2. The molecule has 0 saturated heterocycles. The molecule has 1 amide bonds. The van der Waals surface area contributed by atoms with Gasteiger partial charge in [-0.1, -0.05) is 77.6 Å². The summed E-state index contributed by atoms with van der Waals surface area (Å²) in [5, 5.41) is 11.9. The molecule has 1 heterocycles. The number of hydrogen-bond donors (Lipinski definition) is 2. The first kappa shape index (κ1) is 23.9. The van der Waals surface area contributed by atoms with Gasteiger partial charge in [-0.25, -0.2) is 4.98 Å². The largest absolute Gasteiger partial charge is 0.505 e. The van der Waals surface area contributed by atoms with Crippen LogP contribution in [0.25, 0.3) is 0 Å². The molecule has 6 nitrogen and oxygen atoms in total. The van der Waals surface area contributed by atoms with Gasteiger partial charge in [0.2, 0.25) is 0 Å². The van der Waals surface area contributed by atoms with E-state index in [0.29, 0.717) is 6.61 Å². The molecule has 0 bridgehead atoms. The van der Waals surface area contributed by atoms with E-state index in [0.717, 1.165) is 12.8 Å². The van der Waals surface area contributed by atoms with Gasteiger partial charge in [0.05, 0.1) is 6.61 Å². The fraction of sp³-hybridized carbons (Fsp3) is 0.682. The van der Waals surface area contributed by atoms with E-state index >= 15 is 0 Å². The van der Waals surface area contributed by atoms with Crippen molar-refractivity contribution in [1.29, 1.82) is 0 Å². The second kappa shape index (κ2) is 15.9. The number of rotatable bonds is 16. The Labute approximate surface area is 169 Å². The number of aromatic nitrogens is 1. The predicted molar refractivity (Wildman–Crippen MR) is 110 cm³/mol. The van der Waals surface area contributed by atoms with Gasteiger partial charge in [-0.2, -0.15) is 0 Å². The van der Waals surface area contributed by atoms with E-state index in [-0.39, 0.29) is 18.0 Å². The van der Waals surface area contributed by atoms with Crippen LogP contribution in [-0.4, -0.2) is 35.1 Å². The van der Waals surface area contributed by atoms with E-state index in [4.69, 9.17) is 4.74 Å². The van der Waals surface area contributed by atoms with Gasteiger partial charge in [0.25, 0.3) is 5.91 Å². The minimum Gasteiger partial charge on any atom is -0.505 e. The molecule has 1 aromatic rings. The van der Waals surface area contributed by atoms with Crippen molar-refractivity contribution in [2.75, 3.05) is 13.2 Å². The molecule has 0 aliphatic rings. The second-order valence-electron chi connectivity index (χ2n) is 7.16. The number of aromatic hydroxyl groups is 1. The summed E-state index contributed by atoms with van der Waals surface area (Å²) in [6.07, 6.45) is 16.5. The molecule has 0 aliphatic carbocycles. The van der Waals surface area contributed by atoms with Crippen molar-refractivity contribution in [2.45, 2.75) is 84.0 Å². The average Bonchev–Trinajstić information content (AvgIpc) is 2.70. The number of carbonyl (C=O) groups is 2. The third-order valence-corrected chi connectivity index (χ3v) is 4.66. The SMILES string of the molecule is CCCCCCCCCCCCCCOC(=O)CNC(=O)c1ncccc1O. The van der Waals surface area contributed by atoms with Crippen LogP contribution in [0.1, 0.15) is 94.5 Å². The van der Waals surface area contributed by atoms with E-state index in [1.54, 1.807) is 0 Å². The molecule has 0 spiro atoms. The summed E-state index contributed by atoms with van der Waals surface area (Å²) in [6, 6.07) is 2.89. The fourth-order valence-corrected chi connectivity index (χ4v) is 2.99. The van der Waals surface area contributed by atoms with Crippen LogP contribution in [-0.2, 0) is 9.53 Å². The molecule has 28 heavy (non-hydrogen) atoms. The van der Waals surface area contributed by atoms with Crippen molar-refractivity contribution < 1.29 is 19.4 Å². The van der Waals surface area contributed by atoms with Crippen molar-refractivity contribution in [2.24, 2.45) is 0 Å². The van der Waals surface area contributed by atoms with E-state index in [1.807, 2.05) is 0 Å². The van der Waals surface area contributed by atoms with E-state index in [2.05, 4.69) is 17.2 Å². The average molecular weight is 393 g/mol. The number of nitrogens with zero attached hydrogens (tertiary/aromatic N) is 1. The molecule has 0 aliphatic heterocycles. The predicted octanol–water partition coefficient (Wildman–Crippen LogP) is 4.76. The van der Waals surface area contributed by atoms with Gasteiger partial charge in [-0.15, -0.1) is 0 Å².